The van der Waals surface area contributed by atoms with Crippen LogP contribution in [-0.4, -0.2) is 59.6 Å². The molecule has 0 aromatic carbocycles. The van der Waals surface area contributed by atoms with Crippen LogP contribution < -0.4 is 0 Å². The number of aliphatic hydroxyl groups excluding tert-OH is 1. The second-order valence-corrected chi connectivity index (χ2v) is 8.56. The molecule has 1 N–H and O–H groups in total. The Morgan fingerprint density at radius 3 is 2.70 bits per heavy atom. The van der Waals surface area contributed by atoms with Crippen LogP contribution >= 0.6 is 0 Å². The summed E-state index contributed by atoms with van der Waals surface area (Å²) in [6.45, 7) is 10.4. The summed E-state index contributed by atoms with van der Waals surface area (Å²) in [6, 6.07) is 0. The summed E-state index contributed by atoms with van der Waals surface area (Å²) in [5.74, 6) is -2.32. The van der Waals surface area contributed by atoms with E-state index in [4.69, 9.17) is 18.9 Å². The minimum absolute atomic E-state index is 0.209. The van der Waals surface area contributed by atoms with E-state index in [0.29, 0.717) is 24.8 Å². The Bertz CT molecular complexity index is 771. The van der Waals surface area contributed by atoms with Gasteiger partial charge in [0.25, 0.3) is 0 Å². The van der Waals surface area contributed by atoms with Gasteiger partial charge in [-0.1, -0.05) is 20.4 Å². The van der Waals surface area contributed by atoms with E-state index in [1.165, 1.54) is 6.92 Å². The minimum atomic E-state index is -0.793. The first kappa shape index (κ1) is 22.5. The maximum absolute atomic E-state index is 12.6. The number of fused-ring (bicyclic) bond motifs is 2. The Morgan fingerprint density at radius 1 is 1.40 bits per heavy atom. The average Bonchev–Trinajstić information content (AvgIpc) is 3.21. The molecule has 8 heteroatoms. The number of carbonyl (C=O) groups is 3. The van der Waals surface area contributed by atoms with Crippen molar-refractivity contribution in [1.82, 2.24) is 0 Å². The van der Waals surface area contributed by atoms with Crippen LogP contribution in [0, 0.1) is 11.8 Å². The number of hydrogen-bond donors (Lipinski definition) is 1. The number of ether oxygens (including phenoxy) is 4. The van der Waals surface area contributed by atoms with Gasteiger partial charge in [-0.25, -0.2) is 4.79 Å². The van der Waals surface area contributed by atoms with Crippen molar-refractivity contribution in [2.75, 3.05) is 6.61 Å². The minimum Gasteiger partial charge on any atom is -0.461 e. The predicted octanol–water partition coefficient (Wildman–Crippen LogP) is 1.84. The van der Waals surface area contributed by atoms with Gasteiger partial charge in [-0.15, -0.1) is 0 Å². The van der Waals surface area contributed by atoms with E-state index >= 15 is 0 Å². The number of epoxide rings is 1. The molecule has 2 fully saturated rings. The highest BCUT2D eigenvalue weighted by Gasteiger charge is 2.58. The summed E-state index contributed by atoms with van der Waals surface area (Å²) in [5.41, 5.74) is 0.00281. The van der Waals surface area contributed by atoms with Crippen LogP contribution in [0.1, 0.15) is 47.0 Å². The molecule has 2 saturated heterocycles. The fourth-order valence-electron chi connectivity index (χ4n) is 4.16. The van der Waals surface area contributed by atoms with Gasteiger partial charge in [-0.2, -0.15) is 0 Å². The number of hydrogen-bond acceptors (Lipinski definition) is 8. The predicted molar refractivity (Wildman–Crippen MR) is 105 cm³/mol. The fraction of sp³-hybridized carbons (Fsp3) is 0.682. The summed E-state index contributed by atoms with van der Waals surface area (Å²) < 4.78 is 22.6. The highest BCUT2D eigenvalue weighted by molar-refractivity contribution is 5.91. The Labute approximate surface area is 176 Å². The Balaban J connectivity index is 2.00. The highest BCUT2D eigenvalue weighted by Crippen LogP contribution is 2.48. The Hall–Kier alpha value is -2.19. The van der Waals surface area contributed by atoms with E-state index in [1.807, 2.05) is 13.8 Å². The first-order chi connectivity index (χ1) is 14.1. The largest absolute Gasteiger partial charge is 0.461 e. The van der Waals surface area contributed by atoms with Crippen molar-refractivity contribution in [3.8, 4) is 0 Å². The maximum atomic E-state index is 12.6. The molecule has 0 saturated carbocycles. The molecule has 0 spiro atoms. The van der Waals surface area contributed by atoms with Crippen LogP contribution in [0.4, 0.5) is 0 Å². The zero-order chi connectivity index (χ0) is 22.2. The molecule has 3 aliphatic rings. The molecule has 1 aliphatic carbocycles. The molecule has 2 heterocycles. The van der Waals surface area contributed by atoms with E-state index in [2.05, 4.69) is 6.58 Å². The van der Waals surface area contributed by atoms with Crippen molar-refractivity contribution in [2.45, 2.75) is 77.0 Å². The third-order valence-corrected chi connectivity index (χ3v) is 6.30. The van der Waals surface area contributed by atoms with Crippen LogP contribution in [0.2, 0.25) is 0 Å². The van der Waals surface area contributed by atoms with Crippen LogP contribution in [0.3, 0.4) is 0 Å². The number of carbonyl (C=O) groups excluding carboxylic acids is 3. The smallest absolute Gasteiger partial charge is 0.334 e. The molecule has 0 aromatic heterocycles. The standard InChI is InChI=1S/C22H30O8/c1-6-11(2)20(25)29-17-9-22(5)18(30-22)8-15(27-13(4)24)14(10-23)7-16-19(17)12(3)21(26)28-16/h7,11,15-19,23H,3,6,8-10H2,1-2,4-5H3/b14-7-/t11-,15+,16-,17-,18-,19+,22-/m1/s1. The van der Waals surface area contributed by atoms with Gasteiger partial charge in [0.1, 0.15) is 18.3 Å². The molecular weight excluding hydrogens is 392 g/mol. The SMILES string of the molecule is C=C1C(=O)O[C@@H]2/C=C(/CO)[C@@H](OC(C)=O)C[C@H]3O[C@]3(C)C[C@@H](OC(=O)[C@H](C)CC)[C@@H]12. The zero-order valence-electron chi connectivity index (χ0n) is 17.9. The monoisotopic (exact) mass is 422 g/mol. The van der Waals surface area contributed by atoms with E-state index in [9.17, 15) is 19.5 Å². The van der Waals surface area contributed by atoms with Gasteiger partial charge in [-0.3, -0.25) is 9.59 Å². The van der Waals surface area contributed by atoms with Crippen LogP contribution in [-0.2, 0) is 33.3 Å². The van der Waals surface area contributed by atoms with Crippen molar-refractivity contribution < 1.29 is 38.4 Å². The number of aliphatic hydroxyl groups is 1. The van der Waals surface area contributed by atoms with Gasteiger partial charge in [-0.05, 0) is 25.0 Å². The molecule has 8 nitrogen and oxygen atoms in total. The number of rotatable bonds is 5. The molecule has 2 aliphatic heterocycles. The van der Waals surface area contributed by atoms with Crippen molar-refractivity contribution in [3.05, 3.63) is 23.8 Å². The molecule has 7 atom stereocenters. The lowest BCUT2D eigenvalue weighted by Gasteiger charge is -2.30. The lowest BCUT2D eigenvalue weighted by Crippen LogP contribution is -2.39. The third-order valence-electron chi connectivity index (χ3n) is 6.30. The van der Waals surface area contributed by atoms with Crippen molar-refractivity contribution in [2.24, 2.45) is 11.8 Å². The molecule has 166 valence electrons. The number of esters is 3. The molecule has 0 radical (unpaired) electrons. The van der Waals surface area contributed by atoms with Crippen LogP contribution in [0.15, 0.2) is 23.8 Å². The fourth-order valence-corrected chi connectivity index (χ4v) is 4.16. The van der Waals surface area contributed by atoms with E-state index in [0.717, 1.165) is 0 Å². The molecule has 0 bridgehead atoms. The molecule has 30 heavy (non-hydrogen) atoms. The second-order valence-electron chi connectivity index (χ2n) is 8.56. The van der Waals surface area contributed by atoms with E-state index < -0.39 is 41.8 Å². The summed E-state index contributed by atoms with van der Waals surface area (Å²) in [7, 11) is 0. The molecule has 3 rings (SSSR count). The highest BCUT2D eigenvalue weighted by atomic mass is 16.6. The van der Waals surface area contributed by atoms with Gasteiger partial charge in [0.05, 0.1) is 30.1 Å². The molecule has 0 amide bonds. The Morgan fingerprint density at radius 2 is 2.10 bits per heavy atom. The average molecular weight is 422 g/mol. The topological polar surface area (TPSA) is 112 Å². The molecule has 0 unspecified atom stereocenters. The molecular formula is C22H30O8. The Kier molecular flexibility index (Phi) is 6.38. The third kappa shape index (κ3) is 4.44. The summed E-state index contributed by atoms with van der Waals surface area (Å²) in [4.78, 5) is 36.5. The van der Waals surface area contributed by atoms with Gasteiger partial charge in [0.2, 0.25) is 0 Å². The summed E-state index contributed by atoms with van der Waals surface area (Å²) >= 11 is 0. The van der Waals surface area contributed by atoms with Crippen molar-refractivity contribution in [1.29, 1.82) is 0 Å². The normalized spacial score (nSPS) is 38.3. The van der Waals surface area contributed by atoms with Crippen molar-refractivity contribution >= 4 is 17.9 Å². The first-order valence-corrected chi connectivity index (χ1v) is 10.4. The van der Waals surface area contributed by atoms with Gasteiger partial charge < -0.3 is 24.1 Å². The van der Waals surface area contributed by atoms with Crippen molar-refractivity contribution in [3.63, 3.8) is 0 Å². The summed E-state index contributed by atoms with van der Waals surface area (Å²) in [5, 5.41) is 9.94. The first-order valence-electron chi connectivity index (χ1n) is 10.4. The van der Waals surface area contributed by atoms with Crippen LogP contribution in [0.25, 0.3) is 0 Å². The maximum Gasteiger partial charge on any atom is 0.334 e. The van der Waals surface area contributed by atoms with Gasteiger partial charge in [0.15, 0.2) is 0 Å². The summed E-state index contributed by atoms with van der Waals surface area (Å²) in [6.07, 6.45) is 0.503. The molecule has 0 aromatic rings. The van der Waals surface area contributed by atoms with Gasteiger partial charge >= 0.3 is 17.9 Å². The van der Waals surface area contributed by atoms with E-state index in [1.54, 1.807) is 13.0 Å². The van der Waals surface area contributed by atoms with E-state index in [-0.39, 0.29) is 30.2 Å². The second kappa shape index (κ2) is 8.51. The lowest BCUT2D eigenvalue weighted by molar-refractivity contribution is -0.158. The van der Waals surface area contributed by atoms with Crippen LogP contribution in [0.5, 0.6) is 0 Å². The quantitative estimate of drug-likeness (QED) is 0.235. The zero-order valence-corrected chi connectivity index (χ0v) is 17.9. The lowest BCUT2D eigenvalue weighted by atomic mass is 9.82. The van der Waals surface area contributed by atoms with Gasteiger partial charge in [0, 0.05) is 25.3 Å².